The first-order valence-corrected chi connectivity index (χ1v) is 7.41. The lowest BCUT2D eigenvalue weighted by Gasteiger charge is -2.15. The number of anilines is 1. The monoisotopic (exact) mass is 313 g/mol. The van der Waals surface area contributed by atoms with Crippen LogP contribution in [0.1, 0.15) is 22.7 Å². The molecule has 0 fully saturated rings. The number of nitrogens with one attached hydrogen (secondary N) is 1. The molecule has 0 aromatic carbocycles. The number of aliphatic hydroxyl groups is 1. The lowest BCUT2D eigenvalue weighted by Crippen LogP contribution is -2.25. The molecule has 7 heteroatoms. The van der Waals surface area contributed by atoms with Crippen LogP contribution in [-0.2, 0) is 6.54 Å². The highest BCUT2D eigenvalue weighted by molar-refractivity contribution is 7.12. The average molecular weight is 314 g/mol. The third-order valence-corrected chi connectivity index (χ3v) is 4.41. The summed E-state index contributed by atoms with van der Waals surface area (Å²) in [4.78, 5) is 14.3. The summed E-state index contributed by atoms with van der Waals surface area (Å²) in [5.74, 6) is 0. The van der Waals surface area contributed by atoms with E-state index < -0.39 is 5.56 Å². The second kappa shape index (κ2) is 6.39. The van der Waals surface area contributed by atoms with Crippen LogP contribution >= 0.6 is 22.9 Å². The molecule has 1 unspecified atom stereocenters. The molecule has 2 aromatic heterocycles. The van der Waals surface area contributed by atoms with Gasteiger partial charge in [-0.25, -0.2) is 4.68 Å². The molecule has 0 aliphatic heterocycles. The molecule has 1 atom stereocenters. The number of aryl methyl sites for hydroxylation is 1. The SMILES string of the molecule is Cc1ccc(C(C)Nc2cnn(CCO)c(=O)c2Cl)s1. The minimum atomic E-state index is -0.403. The summed E-state index contributed by atoms with van der Waals surface area (Å²) in [5.41, 5.74) is 0.102. The predicted octanol–water partition coefficient (Wildman–Crippen LogP) is 2.43. The maximum Gasteiger partial charge on any atom is 0.287 e. The van der Waals surface area contributed by atoms with Crippen molar-refractivity contribution in [2.45, 2.75) is 26.4 Å². The van der Waals surface area contributed by atoms with Crippen LogP contribution < -0.4 is 10.9 Å². The van der Waals surface area contributed by atoms with Crippen LogP contribution in [-0.4, -0.2) is 21.5 Å². The smallest absolute Gasteiger partial charge is 0.287 e. The van der Waals surface area contributed by atoms with Gasteiger partial charge < -0.3 is 10.4 Å². The Bertz CT molecular complexity index is 653. The van der Waals surface area contributed by atoms with Crippen LogP contribution in [0.4, 0.5) is 5.69 Å². The van der Waals surface area contributed by atoms with E-state index in [0.29, 0.717) is 5.69 Å². The first-order chi connectivity index (χ1) is 9.52. The molecule has 0 aliphatic carbocycles. The Morgan fingerprint density at radius 3 is 2.90 bits per heavy atom. The Morgan fingerprint density at radius 1 is 1.55 bits per heavy atom. The average Bonchev–Trinajstić information content (AvgIpc) is 2.85. The molecule has 0 saturated heterocycles. The molecule has 0 aliphatic rings. The van der Waals surface area contributed by atoms with Crippen molar-refractivity contribution in [1.29, 1.82) is 0 Å². The molecule has 0 amide bonds. The van der Waals surface area contributed by atoms with Crippen LogP contribution in [0.5, 0.6) is 0 Å². The zero-order chi connectivity index (χ0) is 14.7. The van der Waals surface area contributed by atoms with Crippen LogP contribution in [0.3, 0.4) is 0 Å². The number of rotatable bonds is 5. The quantitative estimate of drug-likeness (QED) is 0.889. The van der Waals surface area contributed by atoms with Crippen molar-refractivity contribution >= 4 is 28.6 Å². The van der Waals surface area contributed by atoms with Crippen molar-refractivity contribution in [3.63, 3.8) is 0 Å². The van der Waals surface area contributed by atoms with Crippen LogP contribution in [0, 0.1) is 6.92 Å². The van der Waals surface area contributed by atoms with Gasteiger partial charge in [0.05, 0.1) is 31.1 Å². The largest absolute Gasteiger partial charge is 0.394 e. The van der Waals surface area contributed by atoms with Crippen LogP contribution in [0.15, 0.2) is 23.1 Å². The molecule has 2 aromatic rings. The minimum absolute atomic E-state index is 0.0427. The van der Waals surface area contributed by atoms with Gasteiger partial charge >= 0.3 is 0 Å². The third kappa shape index (κ3) is 3.20. The van der Waals surface area contributed by atoms with Gasteiger partial charge in [-0.15, -0.1) is 11.3 Å². The van der Waals surface area contributed by atoms with Gasteiger partial charge in [0.25, 0.3) is 5.56 Å². The van der Waals surface area contributed by atoms with E-state index in [1.807, 2.05) is 19.9 Å². The molecule has 0 bridgehead atoms. The molecule has 5 nitrogen and oxygen atoms in total. The molecular formula is C13H16ClN3O2S. The molecule has 0 radical (unpaired) electrons. The van der Waals surface area contributed by atoms with Crippen molar-refractivity contribution in [1.82, 2.24) is 9.78 Å². The van der Waals surface area contributed by atoms with E-state index in [4.69, 9.17) is 16.7 Å². The van der Waals surface area contributed by atoms with Gasteiger partial charge in [0, 0.05) is 9.75 Å². The minimum Gasteiger partial charge on any atom is -0.394 e. The van der Waals surface area contributed by atoms with Gasteiger partial charge in [0.15, 0.2) is 0 Å². The molecule has 0 spiro atoms. The molecule has 20 heavy (non-hydrogen) atoms. The topological polar surface area (TPSA) is 67.2 Å². The first-order valence-electron chi connectivity index (χ1n) is 6.22. The summed E-state index contributed by atoms with van der Waals surface area (Å²) in [7, 11) is 0. The Labute approximate surface area is 125 Å². The van der Waals surface area contributed by atoms with Gasteiger partial charge in [0.2, 0.25) is 0 Å². The number of hydrogen-bond acceptors (Lipinski definition) is 5. The fourth-order valence-electron chi connectivity index (χ4n) is 1.81. The van der Waals surface area contributed by atoms with E-state index in [2.05, 4.69) is 16.5 Å². The highest BCUT2D eigenvalue weighted by Gasteiger charge is 2.13. The summed E-state index contributed by atoms with van der Waals surface area (Å²) in [6.07, 6.45) is 1.51. The van der Waals surface area contributed by atoms with Crippen molar-refractivity contribution < 1.29 is 5.11 Å². The molecule has 108 valence electrons. The van der Waals surface area contributed by atoms with Crippen molar-refractivity contribution in [2.75, 3.05) is 11.9 Å². The lowest BCUT2D eigenvalue weighted by molar-refractivity contribution is 0.266. The molecule has 2 heterocycles. The molecule has 0 saturated carbocycles. The van der Waals surface area contributed by atoms with E-state index in [9.17, 15) is 4.79 Å². The number of hydrogen-bond donors (Lipinski definition) is 2. The third-order valence-electron chi connectivity index (χ3n) is 2.86. The number of halogens is 1. The van der Waals surface area contributed by atoms with E-state index in [1.54, 1.807) is 11.3 Å². The highest BCUT2D eigenvalue weighted by Crippen LogP contribution is 2.27. The summed E-state index contributed by atoms with van der Waals surface area (Å²) in [5, 5.41) is 16.1. The van der Waals surface area contributed by atoms with Gasteiger partial charge in [-0.3, -0.25) is 4.79 Å². The predicted molar refractivity (Wildman–Crippen MR) is 81.7 cm³/mol. The van der Waals surface area contributed by atoms with Crippen LogP contribution in [0.2, 0.25) is 5.02 Å². The summed E-state index contributed by atoms with van der Waals surface area (Å²) in [6, 6.07) is 4.14. The Hall–Kier alpha value is -1.37. The zero-order valence-corrected chi connectivity index (χ0v) is 12.8. The second-order valence-corrected chi connectivity index (χ2v) is 6.14. The fourth-order valence-corrected chi connectivity index (χ4v) is 2.89. The number of aliphatic hydroxyl groups excluding tert-OH is 1. The lowest BCUT2D eigenvalue weighted by atomic mass is 10.2. The maximum atomic E-state index is 11.9. The fraction of sp³-hybridized carbons (Fsp3) is 0.385. The van der Waals surface area contributed by atoms with Crippen LogP contribution in [0.25, 0.3) is 0 Å². The van der Waals surface area contributed by atoms with E-state index in [1.165, 1.54) is 11.1 Å². The zero-order valence-electron chi connectivity index (χ0n) is 11.3. The number of thiophene rings is 1. The molecular weight excluding hydrogens is 298 g/mol. The van der Waals surface area contributed by atoms with Crippen molar-refractivity contribution in [3.05, 3.63) is 43.5 Å². The first kappa shape index (κ1) is 15.0. The van der Waals surface area contributed by atoms with E-state index in [0.717, 1.165) is 9.56 Å². The van der Waals surface area contributed by atoms with Crippen molar-refractivity contribution in [2.24, 2.45) is 0 Å². The van der Waals surface area contributed by atoms with E-state index in [-0.39, 0.29) is 24.2 Å². The molecule has 2 N–H and O–H groups in total. The summed E-state index contributed by atoms with van der Waals surface area (Å²) < 4.78 is 1.15. The Morgan fingerprint density at radius 2 is 2.30 bits per heavy atom. The van der Waals surface area contributed by atoms with Gasteiger partial charge in [-0.2, -0.15) is 5.10 Å². The summed E-state index contributed by atoms with van der Waals surface area (Å²) >= 11 is 7.75. The van der Waals surface area contributed by atoms with E-state index >= 15 is 0 Å². The standard InChI is InChI=1S/C13H16ClN3O2S/c1-8-3-4-11(20-8)9(2)16-10-7-15-17(5-6-18)13(19)12(10)14/h3-4,7,9,16,18H,5-6H2,1-2H3. The Balaban J connectivity index is 2.22. The summed E-state index contributed by atoms with van der Waals surface area (Å²) in [6.45, 7) is 4.03. The van der Waals surface area contributed by atoms with Gasteiger partial charge in [-0.1, -0.05) is 11.6 Å². The van der Waals surface area contributed by atoms with Gasteiger partial charge in [-0.05, 0) is 26.0 Å². The molecule has 2 rings (SSSR count). The number of nitrogens with zero attached hydrogens (tertiary/aromatic N) is 2. The van der Waals surface area contributed by atoms with Crippen molar-refractivity contribution in [3.8, 4) is 0 Å². The number of aromatic nitrogens is 2. The maximum absolute atomic E-state index is 11.9. The Kier molecular flexibility index (Phi) is 4.80. The normalized spacial score (nSPS) is 12.4. The highest BCUT2D eigenvalue weighted by atomic mass is 35.5. The second-order valence-electron chi connectivity index (χ2n) is 4.44. The van der Waals surface area contributed by atoms with Gasteiger partial charge in [0.1, 0.15) is 5.02 Å².